The first kappa shape index (κ1) is 11.1. The molecule has 0 atom stereocenters. The smallest absolute Gasteiger partial charge is 0.258 e. The van der Waals surface area contributed by atoms with Crippen LogP contribution in [-0.2, 0) is 0 Å². The van der Waals surface area contributed by atoms with E-state index in [4.69, 9.17) is 11.6 Å². The lowest BCUT2D eigenvalue weighted by Gasteiger charge is -2.01. The maximum absolute atomic E-state index is 10.6. The molecule has 0 spiro atoms. The lowest BCUT2D eigenvalue weighted by atomic mass is 10.2. The zero-order valence-corrected chi connectivity index (χ0v) is 9.75. The third-order valence-corrected chi connectivity index (χ3v) is 2.84. The highest BCUT2D eigenvalue weighted by Crippen LogP contribution is 2.26. The third kappa shape index (κ3) is 1.94. The van der Waals surface area contributed by atoms with E-state index >= 15 is 0 Å². The van der Waals surface area contributed by atoms with E-state index in [9.17, 15) is 10.1 Å². The van der Waals surface area contributed by atoms with Crippen molar-refractivity contribution >= 4 is 40.0 Å². The Morgan fingerprint density at radius 1 is 1.44 bits per heavy atom. The largest absolute Gasteiger partial charge is 0.270 e. The van der Waals surface area contributed by atoms with E-state index in [2.05, 4.69) is 9.97 Å². The van der Waals surface area contributed by atoms with Gasteiger partial charge in [-0.3, -0.25) is 10.1 Å². The SMILES string of the molecule is CSc1nc(Cl)c2cc([N+](=O)[O-])ccc2n1. The van der Waals surface area contributed by atoms with Crippen molar-refractivity contribution in [3.05, 3.63) is 33.5 Å². The molecule has 0 saturated heterocycles. The third-order valence-electron chi connectivity index (χ3n) is 2.01. The molecule has 0 bridgehead atoms. The average molecular weight is 256 g/mol. The van der Waals surface area contributed by atoms with Crippen molar-refractivity contribution in [1.29, 1.82) is 0 Å². The first-order valence-corrected chi connectivity index (χ1v) is 5.88. The molecule has 2 aromatic rings. The Bertz CT molecular complexity index is 576. The quantitative estimate of drug-likeness (QED) is 0.271. The van der Waals surface area contributed by atoms with Crippen molar-refractivity contribution in [2.75, 3.05) is 6.26 Å². The fourth-order valence-corrected chi connectivity index (χ4v) is 1.92. The average Bonchev–Trinajstić information content (AvgIpc) is 2.28. The van der Waals surface area contributed by atoms with E-state index in [1.165, 1.54) is 23.9 Å². The van der Waals surface area contributed by atoms with Crippen molar-refractivity contribution in [3.63, 3.8) is 0 Å². The van der Waals surface area contributed by atoms with Crippen molar-refractivity contribution < 1.29 is 4.92 Å². The minimum Gasteiger partial charge on any atom is -0.258 e. The molecule has 0 aliphatic rings. The van der Waals surface area contributed by atoms with Gasteiger partial charge >= 0.3 is 0 Å². The molecule has 1 heterocycles. The standard InChI is InChI=1S/C9H6ClN3O2S/c1-16-9-11-7-3-2-5(13(14)15)4-6(7)8(10)12-9/h2-4H,1H3. The number of nitro groups is 1. The molecule has 1 aromatic heterocycles. The second-order valence-corrected chi connectivity index (χ2v) is 4.09. The van der Waals surface area contributed by atoms with Crippen LogP contribution in [-0.4, -0.2) is 21.1 Å². The molecule has 0 aliphatic heterocycles. The van der Waals surface area contributed by atoms with Gasteiger partial charge in [0, 0.05) is 17.5 Å². The van der Waals surface area contributed by atoms with Crippen LogP contribution in [0, 0.1) is 10.1 Å². The predicted molar refractivity (Wildman–Crippen MR) is 63.0 cm³/mol. The normalized spacial score (nSPS) is 10.6. The van der Waals surface area contributed by atoms with Gasteiger partial charge < -0.3 is 0 Å². The van der Waals surface area contributed by atoms with Crippen molar-refractivity contribution in [3.8, 4) is 0 Å². The molecule has 0 saturated carbocycles. The summed E-state index contributed by atoms with van der Waals surface area (Å²) in [6.07, 6.45) is 1.84. The highest BCUT2D eigenvalue weighted by atomic mass is 35.5. The number of aromatic nitrogens is 2. The summed E-state index contributed by atoms with van der Waals surface area (Å²) < 4.78 is 0. The summed E-state index contributed by atoms with van der Waals surface area (Å²) in [5.41, 5.74) is 0.588. The molecule has 0 fully saturated rings. The summed E-state index contributed by atoms with van der Waals surface area (Å²) in [5, 5.41) is 11.9. The molecule has 1 aromatic carbocycles. The number of benzene rings is 1. The van der Waals surface area contributed by atoms with E-state index < -0.39 is 4.92 Å². The van der Waals surface area contributed by atoms with Crippen molar-refractivity contribution in [1.82, 2.24) is 9.97 Å². The summed E-state index contributed by atoms with van der Waals surface area (Å²) in [7, 11) is 0. The lowest BCUT2D eigenvalue weighted by molar-refractivity contribution is -0.384. The number of hydrogen-bond acceptors (Lipinski definition) is 5. The Morgan fingerprint density at radius 2 is 2.19 bits per heavy atom. The Balaban J connectivity index is 2.70. The maximum Gasteiger partial charge on any atom is 0.270 e. The fraction of sp³-hybridized carbons (Fsp3) is 0.111. The number of hydrogen-bond donors (Lipinski definition) is 0. The maximum atomic E-state index is 10.6. The molecule has 2 rings (SSSR count). The van der Waals surface area contributed by atoms with Crippen LogP contribution < -0.4 is 0 Å². The van der Waals surface area contributed by atoms with Gasteiger partial charge in [-0.1, -0.05) is 23.4 Å². The minimum absolute atomic E-state index is 0.0186. The van der Waals surface area contributed by atoms with Crippen LogP contribution in [0.5, 0.6) is 0 Å². The molecule has 5 nitrogen and oxygen atoms in total. The van der Waals surface area contributed by atoms with Crippen LogP contribution in [0.2, 0.25) is 5.15 Å². The molecule has 16 heavy (non-hydrogen) atoms. The summed E-state index contributed by atoms with van der Waals surface area (Å²) in [5.74, 6) is 0. The van der Waals surface area contributed by atoms with Gasteiger partial charge in [-0.05, 0) is 12.3 Å². The summed E-state index contributed by atoms with van der Waals surface area (Å²) in [6.45, 7) is 0. The molecule has 0 amide bonds. The molecular weight excluding hydrogens is 250 g/mol. The topological polar surface area (TPSA) is 68.9 Å². The summed E-state index contributed by atoms with van der Waals surface area (Å²) in [4.78, 5) is 18.3. The van der Waals surface area contributed by atoms with Crippen LogP contribution in [0.25, 0.3) is 10.9 Å². The monoisotopic (exact) mass is 255 g/mol. The van der Waals surface area contributed by atoms with Gasteiger partial charge in [0.2, 0.25) is 0 Å². The number of halogens is 1. The van der Waals surface area contributed by atoms with Gasteiger partial charge in [-0.25, -0.2) is 9.97 Å². The molecule has 0 unspecified atom stereocenters. The Kier molecular flexibility index (Phi) is 2.93. The number of fused-ring (bicyclic) bond motifs is 1. The molecule has 7 heteroatoms. The van der Waals surface area contributed by atoms with Crippen LogP contribution in [0.15, 0.2) is 23.4 Å². The number of nitro benzene ring substituents is 1. The van der Waals surface area contributed by atoms with Crippen molar-refractivity contribution in [2.24, 2.45) is 0 Å². The lowest BCUT2D eigenvalue weighted by Crippen LogP contribution is -1.92. The number of rotatable bonds is 2. The zero-order valence-electron chi connectivity index (χ0n) is 8.18. The van der Waals surface area contributed by atoms with Crippen LogP contribution in [0.3, 0.4) is 0 Å². The van der Waals surface area contributed by atoms with Gasteiger partial charge in [0.1, 0.15) is 5.15 Å². The van der Waals surface area contributed by atoms with Gasteiger partial charge in [0.05, 0.1) is 10.4 Å². The summed E-state index contributed by atoms with van der Waals surface area (Å²) >= 11 is 7.30. The van der Waals surface area contributed by atoms with Gasteiger partial charge in [-0.15, -0.1) is 0 Å². The van der Waals surface area contributed by atoms with Crippen molar-refractivity contribution in [2.45, 2.75) is 5.16 Å². The Hall–Kier alpha value is -1.40. The number of nitrogens with zero attached hydrogens (tertiary/aromatic N) is 3. The number of non-ortho nitro benzene ring substituents is 1. The minimum atomic E-state index is -0.474. The van der Waals surface area contributed by atoms with Crippen LogP contribution >= 0.6 is 23.4 Å². The Labute approximate surface area is 100.0 Å². The molecule has 82 valence electrons. The van der Waals surface area contributed by atoms with Crippen LogP contribution in [0.1, 0.15) is 0 Å². The number of thioether (sulfide) groups is 1. The van der Waals surface area contributed by atoms with E-state index in [0.717, 1.165) is 0 Å². The van der Waals surface area contributed by atoms with E-state index in [1.807, 2.05) is 6.26 Å². The molecule has 0 aliphatic carbocycles. The molecule has 0 radical (unpaired) electrons. The highest BCUT2D eigenvalue weighted by molar-refractivity contribution is 7.98. The van der Waals surface area contributed by atoms with Crippen LogP contribution in [0.4, 0.5) is 5.69 Å². The van der Waals surface area contributed by atoms with Gasteiger partial charge in [0.15, 0.2) is 5.16 Å². The first-order chi connectivity index (χ1) is 7.61. The fourth-order valence-electron chi connectivity index (χ4n) is 1.26. The van der Waals surface area contributed by atoms with E-state index in [-0.39, 0.29) is 10.8 Å². The highest BCUT2D eigenvalue weighted by Gasteiger charge is 2.11. The summed E-state index contributed by atoms with van der Waals surface area (Å²) in [6, 6.07) is 4.35. The second-order valence-electron chi connectivity index (χ2n) is 2.96. The predicted octanol–water partition coefficient (Wildman–Crippen LogP) is 2.91. The van der Waals surface area contributed by atoms with Gasteiger partial charge in [-0.2, -0.15) is 0 Å². The molecule has 0 N–H and O–H groups in total. The van der Waals surface area contributed by atoms with E-state index in [0.29, 0.717) is 16.1 Å². The van der Waals surface area contributed by atoms with E-state index in [1.54, 1.807) is 6.07 Å². The first-order valence-electron chi connectivity index (χ1n) is 4.27. The Morgan fingerprint density at radius 3 is 2.81 bits per heavy atom. The molecular formula is C9H6ClN3O2S. The zero-order chi connectivity index (χ0) is 11.7. The second kappa shape index (κ2) is 4.23. The van der Waals surface area contributed by atoms with Gasteiger partial charge in [0.25, 0.3) is 5.69 Å².